The van der Waals surface area contributed by atoms with Gasteiger partial charge in [0.1, 0.15) is 6.54 Å². The summed E-state index contributed by atoms with van der Waals surface area (Å²) in [4.78, 5) is 25.0. The summed E-state index contributed by atoms with van der Waals surface area (Å²) in [5.41, 5.74) is 11.0. The normalized spacial score (nSPS) is 16.1. The van der Waals surface area contributed by atoms with Gasteiger partial charge >= 0.3 is 0 Å². The number of hydrogen-bond donors (Lipinski definition) is 2. The molecule has 1 aromatic rings. The van der Waals surface area contributed by atoms with Crippen LogP contribution in [0.5, 0.6) is 0 Å². The SMILES string of the molecule is NC(=O)c1nn(CC(=O)N2CCCCCC2)cc1N. The molecule has 19 heavy (non-hydrogen) atoms. The van der Waals surface area contributed by atoms with E-state index in [1.165, 1.54) is 23.7 Å². The number of nitrogens with two attached hydrogens (primary N) is 2. The Balaban J connectivity index is 2.01. The molecule has 7 heteroatoms. The summed E-state index contributed by atoms with van der Waals surface area (Å²) in [6.07, 6.45) is 5.89. The molecule has 4 N–H and O–H groups in total. The molecule has 0 spiro atoms. The first-order chi connectivity index (χ1) is 9.08. The van der Waals surface area contributed by atoms with Gasteiger partial charge < -0.3 is 16.4 Å². The van der Waals surface area contributed by atoms with Gasteiger partial charge in [0.2, 0.25) is 5.91 Å². The Hall–Kier alpha value is -2.05. The summed E-state index contributed by atoms with van der Waals surface area (Å²) < 4.78 is 1.38. The van der Waals surface area contributed by atoms with E-state index in [-0.39, 0.29) is 23.8 Å². The van der Waals surface area contributed by atoms with Gasteiger partial charge in [-0.05, 0) is 12.8 Å². The van der Waals surface area contributed by atoms with Gasteiger partial charge in [-0.25, -0.2) is 0 Å². The number of carbonyl (C=O) groups excluding carboxylic acids is 2. The molecule has 2 heterocycles. The van der Waals surface area contributed by atoms with E-state index in [0.717, 1.165) is 25.9 Å². The standard InChI is InChI=1S/C12H19N5O2/c13-9-7-17(15-11(9)12(14)19)8-10(18)16-5-3-1-2-4-6-16/h7H,1-6,8,13H2,(H2,14,19). The molecule has 0 atom stereocenters. The zero-order chi connectivity index (χ0) is 13.8. The van der Waals surface area contributed by atoms with E-state index in [4.69, 9.17) is 11.5 Å². The molecule has 0 aliphatic carbocycles. The summed E-state index contributed by atoms with van der Waals surface area (Å²) in [6.45, 7) is 1.67. The van der Waals surface area contributed by atoms with Crippen LogP contribution in [0.4, 0.5) is 5.69 Å². The lowest BCUT2D eigenvalue weighted by Gasteiger charge is -2.20. The molecule has 0 saturated carbocycles. The van der Waals surface area contributed by atoms with E-state index in [9.17, 15) is 9.59 Å². The Labute approximate surface area is 111 Å². The first-order valence-corrected chi connectivity index (χ1v) is 6.48. The zero-order valence-electron chi connectivity index (χ0n) is 10.8. The number of amides is 2. The maximum absolute atomic E-state index is 12.1. The number of primary amides is 1. The van der Waals surface area contributed by atoms with Gasteiger partial charge in [-0.1, -0.05) is 12.8 Å². The lowest BCUT2D eigenvalue weighted by atomic mass is 10.2. The molecule has 0 unspecified atom stereocenters. The van der Waals surface area contributed by atoms with Crippen LogP contribution in [0.15, 0.2) is 6.20 Å². The van der Waals surface area contributed by atoms with Gasteiger partial charge in [-0.15, -0.1) is 0 Å². The Morgan fingerprint density at radius 1 is 1.21 bits per heavy atom. The molecule has 0 radical (unpaired) electrons. The van der Waals surface area contributed by atoms with E-state index in [0.29, 0.717) is 0 Å². The number of hydrogen-bond acceptors (Lipinski definition) is 4. The van der Waals surface area contributed by atoms with Gasteiger partial charge in [-0.2, -0.15) is 5.10 Å². The quantitative estimate of drug-likeness (QED) is 0.799. The fourth-order valence-electron chi connectivity index (χ4n) is 2.27. The van der Waals surface area contributed by atoms with Gasteiger partial charge in [0.25, 0.3) is 5.91 Å². The predicted molar refractivity (Wildman–Crippen MR) is 70.2 cm³/mol. The fraction of sp³-hybridized carbons (Fsp3) is 0.583. The highest BCUT2D eigenvalue weighted by molar-refractivity contribution is 5.95. The second-order valence-electron chi connectivity index (χ2n) is 4.79. The number of rotatable bonds is 3. The van der Waals surface area contributed by atoms with Crippen LogP contribution in [0, 0.1) is 0 Å². The average Bonchev–Trinajstić information content (AvgIpc) is 2.58. The zero-order valence-corrected chi connectivity index (χ0v) is 10.8. The van der Waals surface area contributed by atoms with E-state index < -0.39 is 5.91 Å². The molecular formula is C12H19N5O2. The minimum Gasteiger partial charge on any atom is -0.396 e. The second kappa shape index (κ2) is 5.73. The topological polar surface area (TPSA) is 107 Å². The first kappa shape index (κ1) is 13.4. The molecule has 1 aliphatic rings. The highest BCUT2D eigenvalue weighted by Gasteiger charge is 2.18. The molecular weight excluding hydrogens is 246 g/mol. The number of carbonyl (C=O) groups is 2. The molecule has 7 nitrogen and oxygen atoms in total. The van der Waals surface area contributed by atoms with Gasteiger partial charge in [0.05, 0.1) is 5.69 Å². The Kier molecular flexibility index (Phi) is 4.03. The maximum atomic E-state index is 12.1. The van der Waals surface area contributed by atoms with Gasteiger partial charge in [-0.3, -0.25) is 14.3 Å². The van der Waals surface area contributed by atoms with Crippen molar-refractivity contribution in [3.05, 3.63) is 11.9 Å². The molecule has 2 rings (SSSR count). The summed E-state index contributed by atoms with van der Waals surface area (Å²) in [7, 11) is 0. The molecule has 1 aliphatic heterocycles. The molecule has 2 amide bonds. The van der Waals surface area contributed by atoms with Crippen molar-refractivity contribution in [3.8, 4) is 0 Å². The highest BCUT2D eigenvalue weighted by atomic mass is 16.2. The van der Waals surface area contributed by atoms with Crippen molar-refractivity contribution in [3.63, 3.8) is 0 Å². The minimum atomic E-state index is -0.682. The second-order valence-corrected chi connectivity index (χ2v) is 4.79. The van der Waals surface area contributed by atoms with Crippen molar-refractivity contribution < 1.29 is 9.59 Å². The molecule has 0 bridgehead atoms. The first-order valence-electron chi connectivity index (χ1n) is 6.48. The molecule has 1 aromatic heterocycles. The number of likely N-dealkylation sites (tertiary alicyclic amines) is 1. The van der Waals surface area contributed by atoms with Crippen LogP contribution < -0.4 is 11.5 Å². The van der Waals surface area contributed by atoms with Crippen molar-refractivity contribution >= 4 is 17.5 Å². The van der Waals surface area contributed by atoms with Crippen LogP contribution >= 0.6 is 0 Å². The lowest BCUT2D eigenvalue weighted by molar-refractivity contribution is -0.132. The van der Waals surface area contributed by atoms with Crippen molar-refractivity contribution in [2.75, 3.05) is 18.8 Å². The summed E-state index contributed by atoms with van der Waals surface area (Å²) in [5.74, 6) is -0.682. The highest BCUT2D eigenvalue weighted by Crippen LogP contribution is 2.12. The summed E-state index contributed by atoms with van der Waals surface area (Å²) >= 11 is 0. The third-order valence-electron chi connectivity index (χ3n) is 3.28. The van der Waals surface area contributed by atoms with Crippen molar-refractivity contribution in [2.24, 2.45) is 5.73 Å². The fourth-order valence-corrected chi connectivity index (χ4v) is 2.27. The van der Waals surface area contributed by atoms with E-state index in [2.05, 4.69) is 5.10 Å². The number of nitrogens with zero attached hydrogens (tertiary/aromatic N) is 3. The predicted octanol–water partition coefficient (Wildman–Crippen LogP) is -0.0332. The van der Waals surface area contributed by atoms with Crippen LogP contribution in [-0.2, 0) is 11.3 Å². The van der Waals surface area contributed by atoms with Crippen LogP contribution in [0.1, 0.15) is 36.2 Å². The maximum Gasteiger partial charge on any atom is 0.271 e. The third kappa shape index (κ3) is 3.24. The number of aromatic nitrogens is 2. The van der Waals surface area contributed by atoms with Crippen LogP contribution in [0.3, 0.4) is 0 Å². The summed E-state index contributed by atoms with van der Waals surface area (Å²) in [6, 6.07) is 0. The lowest BCUT2D eigenvalue weighted by Crippen LogP contribution is -2.34. The monoisotopic (exact) mass is 265 g/mol. The number of anilines is 1. The largest absolute Gasteiger partial charge is 0.396 e. The van der Waals surface area contributed by atoms with Crippen LogP contribution in [0.25, 0.3) is 0 Å². The number of nitrogen functional groups attached to an aromatic ring is 1. The molecule has 1 saturated heterocycles. The van der Waals surface area contributed by atoms with Crippen molar-refractivity contribution in [1.82, 2.24) is 14.7 Å². The van der Waals surface area contributed by atoms with E-state index >= 15 is 0 Å². The van der Waals surface area contributed by atoms with Gasteiger partial charge in [0, 0.05) is 19.3 Å². The minimum absolute atomic E-state index is 0.000389. The van der Waals surface area contributed by atoms with Gasteiger partial charge in [0.15, 0.2) is 5.69 Å². The third-order valence-corrected chi connectivity index (χ3v) is 3.28. The Morgan fingerprint density at radius 3 is 2.37 bits per heavy atom. The van der Waals surface area contributed by atoms with Crippen molar-refractivity contribution in [1.29, 1.82) is 0 Å². The van der Waals surface area contributed by atoms with E-state index in [1.807, 2.05) is 4.90 Å². The Bertz CT molecular complexity index is 474. The summed E-state index contributed by atoms with van der Waals surface area (Å²) in [5, 5.41) is 3.94. The van der Waals surface area contributed by atoms with E-state index in [1.54, 1.807) is 0 Å². The smallest absolute Gasteiger partial charge is 0.271 e. The molecule has 0 aromatic carbocycles. The van der Waals surface area contributed by atoms with Crippen LogP contribution in [0.2, 0.25) is 0 Å². The molecule has 104 valence electrons. The average molecular weight is 265 g/mol. The van der Waals surface area contributed by atoms with Crippen LogP contribution in [-0.4, -0.2) is 39.6 Å². The Morgan fingerprint density at radius 2 is 1.84 bits per heavy atom. The molecule has 1 fully saturated rings. The van der Waals surface area contributed by atoms with Crippen molar-refractivity contribution in [2.45, 2.75) is 32.2 Å².